The highest BCUT2D eigenvalue weighted by atomic mass is 16.6. The Morgan fingerprint density at radius 3 is 2.36 bits per heavy atom. The smallest absolute Gasteiger partial charge is 0.180 e. The number of aldehydes is 1. The molecule has 0 aliphatic heterocycles. The molecule has 152 valence electrons. The predicted molar refractivity (Wildman–Crippen MR) is 112 cm³/mol. The lowest BCUT2D eigenvalue weighted by Crippen LogP contribution is -2.46. The van der Waals surface area contributed by atoms with Crippen molar-refractivity contribution < 1.29 is 23.7 Å². The summed E-state index contributed by atoms with van der Waals surface area (Å²) in [6.07, 6.45) is 9.39. The zero-order valence-corrected chi connectivity index (χ0v) is 16.8. The number of methoxy groups -OCH3 is 2. The van der Waals surface area contributed by atoms with Crippen molar-refractivity contribution in [3.05, 3.63) is 73.4 Å². The monoisotopic (exact) mass is 386 g/mol. The molecule has 0 spiro atoms. The summed E-state index contributed by atoms with van der Waals surface area (Å²) in [5.74, 6) is 0.961. The van der Waals surface area contributed by atoms with Crippen LogP contribution in [0, 0.1) is 0 Å². The molecule has 28 heavy (non-hydrogen) atoms. The number of ether oxygens (including phenoxy) is 4. The average Bonchev–Trinajstić information content (AvgIpc) is 2.70. The molecule has 0 fully saturated rings. The van der Waals surface area contributed by atoms with Crippen LogP contribution in [0.25, 0.3) is 0 Å². The normalized spacial score (nSPS) is 11.6. The zero-order valence-electron chi connectivity index (χ0n) is 16.8. The van der Waals surface area contributed by atoms with Gasteiger partial charge in [0.25, 0.3) is 0 Å². The summed E-state index contributed by atoms with van der Waals surface area (Å²) in [4.78, 5) is 11.3. The molecule has 0 unspecified atom stereocenters. The van der Waals surface area contributed by atoms with Crippen molar-refractivity contribution in [3.8, 4) is 11.5 Å². The van der Waals surface area contributed by atoms with E-state index in [0.29, 0.717) is 23.7 Å². The molecule has 1 aromatic carbocycles. The molecule has 5 nitrogen and oxygen atoms in total. The lowest BCUT2D eigenvalue weighted by Gasteiger charge is -2.35. The fraction of sp³-hybridized carbons (Fsp3) is 0.348. The van der Waals surface area contributed by atoms with Crippen LogP contribution in [0.3, 0.4) is 0 Å². The Labute approximate surface area is 167 Å². The molecule has 0 aromatic heterocycles. The van der Waals surface area contributed by atoms with Gasteiger partial charge < -0.3 is 18.9 Å². The maximum Gasteiger partial charge on any atom is 0.180 e. The fourth-order valence-corrected chi connectivity index (χ4v) is 2.74. The van der Waals surface area contributed by atoms with Crippen LogP contribution in [-0.4, -0.2) is 45.9 Å². The van der Waals surface area contributed by atoms with Gasteiger partial charge in [0.1, 0.15) is 6.29 Å². The zero-order chi connectivity index (χ0) is 20.8. The standard InChI is InChI=1S/C23H30O5/c1-6-9-10-14-27-21-13-12-19(16-24)15-22(21)28-23(17-25-4,18-26-5)20(8-3)11-7-2/h6-8,11-13,15-16H,1-3,9-10,14,17-18H2,4-5H3/b20-11+. The van der Waals surface area contributed by atoms with Gasteiger partial charge in [0.15, 0.2) is 17.1 Å². The predicted octanol–water partition coefficient (Wildman–Crippen LogP) is 4.55. The van der Waals surface area contributed by atoms with Crippen LogP contribution in [-0.2, 0) is 9.47 Å². The van der Waals surface area contributed by atoms with Gasteiger partial charge in [-0.15, -0.1) is 6.58 Å². The summed E-state index contributed by atoms with van der Waals surface area (Å²) in [6.45, 7) is 12.2. The van der Waals surface area contributed by atoms with Crippen molar-refractivity contribution in [2.24, 2.45) is 0 Å². The first-order chi connectivity index (χ1) is 13.6. The van der Waals surface area contributed by atoms with E-state index in [9.17, 15) is 4.79 Å². The lowest BCUT2D eigenvalue weighted by molar-refractivity contribution is -0.0334. The third-order valence-electron chi connectivity index (χ3n) is 4.02. The molecule has 1 rings (SSSR count). The number of carbonyl (C=O) groups excluding carboxylic acids is 1. The number of carbonyl (C=O) groups is 1. The number of unbranched alkanes of at least 4 members (excludes halogenated alkanes) is 1. The molecule has 0 aliphatic rings. The van der Waals surface area contributed by atoms with E-state index in [1.807, 2.05) is 6.08 Å². The van der Waals surface area contributed by atoms with Crippen LogP contribution in [0.15, 0.2) is 67.8 Å². The van der Waals surface area contributed by atoms with Crippen LogP contribution < -0.4 is 9.47 Å². The molecule has 1 aromatic rings. The summed E-state index contributed by atoms with van der Waals surface area (Å²) in [5, 5.41) is 0. The van der Waals surface area contributed by atoms with Crippen molar-refractivity contribution in [1.29, 1.82) is 0 Å². The van der Waals surface area contributed by atoms with Gasteiger partial charge in [-0.1, -0.05) is 37.5 Å². The molecule has 0 atom stereocenters. The van der Waals surface area contributed by atoms with Crippen LogP contribution in [0.2, 0.25) is 0 Å². The quantitative estimate of drug-likeness (QED) is 0.192. The van der Waals surface area contributed by atoms with E-state index in [1.165, 1.54) is 0 Å². The van der Waals surface area contributed by atoms with Gasteiger partial charge in [-0.3, -0.25) is 4.79 Å². The molecule has 0 radical (unpaired) electrons. The van der Waals surface area contributed by atoms with Gasteiger partial charge in [0, 0.05) is 19.8 Å². The van der Waals surface area contributed by atoms with Crippen LogP contribution in [0.5, 0.6) is 11.5 Å². The Balaban J connectivity index is 3.35. The summed E-state index contributed by atoms with van der Waals surface area (Å²) in [7, 11) is 3.16. The molecule has 0 saturated heterocycles. The second-order valence-electron chi connectivity index (χ2n) is 6.13. The van der Waals surface area contributed by atoms with Gasteiger partial charge >= 0.3 is 0 Å². The molecular weight excluding hydrogens is 356 g/mol. The van der Waals surface area contributed by atoms with Crippen LogP contribution >= 0.6 is 0 Å². The largest absolute Gasteiger partial charge is 0.490 e. The number of rotatable bonds is 15. The minimum atomic E-state index is -0.986. The molecular formula is C23H30O5. The molecule has 0 saturated carbocycles. The third-order valence-corrected chi connectivity index (χ3v) is 4.02. The van der Waals surface area contributed by atoms with Crippen LogP contribution in [0.4, 0.5) is 0 Å². The highest BCUT2D eigenvalue weighted by molar-refractivity contribution is 5.76. The minimum absolute atomic E-state index is 0.202. The topological polar surface area (TPSA) is 54.0 Å². The van der Waals surface area contributed by atoms with E-state index in [4.69, 9.17) is 18.9 Å². The van der Waals surface area contributed by atoms with Crippen molar-refractivity contribution in [3.63, 3.8) is 0 Å². The molecule has 0 bridgehead atoms. The number of hydrogen-bond donors (Lipinski definition) is 0. The lowest BCUT2D eigenvalue weighted by atomic mass is 9.94. The molecule has 0 N–H and O–H groups in total. The maximum atomic E-state index is 11.3. The Hall–Kier alpha value is -2.63. The van der Waals surface area contributed by atoms with E-state index in [-0.39, 0.29) is 13.2 Å². The first kappa shape index (κ1) is 23.4. The van der Waals surface area contributed by atoms with Gasteiger partial charge in [-0.05, 0) is 36.6 Å². The summed E-state index contributed by atoms with van der Waals surface area (Å²) in [6, 6.07) is 5.05. The Bertz CT molecular complexity index is 684. The summed E-state index contributed by atoms with van der Waals surface area (Å²) >= 11 is 0. The van der Waals surface area contributed by atoms with Gasteiger partial charge in [0.2, 0.25) is 0 Å². The Kier molecular flexibility index (Phi) is 10.6. The Morgan fingerprint density at radius 1 is 1.11 bits per heavy atom. The van der Waals surface area contributed by atoms with Crippen molar-refractivity contribution >= 4 is 6.29 Å². The SMILES string of the molecule is C=C/C=C(\C=C)C(COC)(COC)Oc1cc(C=O)ccc1OCCCC=C. The average molecular weight is 386 g/mol. The first-order valence-electron chi connectivity index (χ1n) is 9.06. The van der Waals surface area contributed by atoms with Crippen molar-refractivity contribution in [2.75, 3.05) is 34.0 Å². The number of benzene rings is 1. The highest BCUT2D eigenvalue weighted by Gasteiger charge is 2.37. The van der Waals surface area contributed by atoms with Crippen LogP contribution in [0.1, 0.15) is 23.2 Å². The molecule has 0 aliphatic carbocycles. The number of hydrogen-bond acceptors (Lipinski definition) is 5. The second-order valence-corrected chi connectivity index (χ2v) is 6.13. The van der Waals surface area contributed by atoms with E-state index < -0.39 is 5.60 Å². The summed E-state index contributed by atoms with van der Waals surface area (Å²) < 4.78 is 23.1. The van der Waals surface area contributed by atoms with E-state index in [0.717, 1.165) is 24.7 Å². The van der Waals surface area contributed by atoms with Gasteiger partial charge in [-0.25, -0.2) is 0 Å². The van der Waals surface area contributed by atoms with E-state index >= 15 is 0 Å². The minimum Gasteiger partial charge on any atom is -0.490 e. The van der Waals surface area contributed by atoms with Crippen molar-refractivity contribution in [2.45, 2.75) is 18.4 Å². The number of allylic oxidation sites excluding steroid dienone is 3. The van der Waals surface area contributed by atoms with E-state index in [1.54, 1.807) is 50.6 Å². The maximum absolute atomic E-state index is 11.3. The summed E-state index contributed by atoms with van der Waals surface area (Å²) in [5.41, 5.74) is 0.227. The third kappa shape index (κ3) is 6.51. The fourth-order valence-electron chi connectivity index (χ4n) is 2.74. The Morgan fingerprint density at radius 2 is 1.82 bits per heavy atom. The van der Waals surface area contributed by atoms with Gasteiger partial charge in [0.05, 0.1) is 19.8 Å². The van der Waals surface area contributed by atoms with E-state index in [2.05, 4.69) is 19.7 Å². The highest BCUT2D eigenvalue weighted by Crippen LogP contribution is 2.35. The second kappa shape index (κ2) is 12.7. The molecule has 5 heteroatoms. The van der Waals surface area contributed by atoms with Gasteiger partial charge in [-0.2, -0.15) is 0 Å². The molecule has 0 amide bonds. The first-order valence-corrected chi connectivity index (χ1v) is 9.06. The van der Waals surface area contributed by atoms with Crippen molar-refractivity contribution in [1.82, 2.24) is 0 Å². The molecule has 0 heterocycles.